The van der Waals surface area contributed by atoms with E-state index in [4.69, 9.17) is 11.8 Å². The quantitative estimate of drug-likeness (QED) is 0.696. The van der Waals surface area contributed by atoms with Crippen LogP contribution in [0.4, 0.5) is 0 Å². The van der Waals surface area contributed by atoms with Gasteiger partial charge in [0.15, 0.2) is 0 Å². The van der Waals surface area contributed by atoms with Gasteiger partial charge in [-0.1, -0.05) is 18.2 Å². The van der Waals surface area contributed by atoms with E-state index in [2.05, 4.69) is 4.74 Å². The van der Waals surface area contributed by atoms with E-state index in [0.717, 1.165) is 16.5 Å². The molecule has 0 aliphatic rings. The van der Waals surface area contributed by atoms with Crippen LogP contribution in [0.2, 0.25) is 0 Å². The molecule has 0 unspecified atom stereocenters. The Morgan fingerprint density at radius 3 is 2.67 bits per heavy atom. The zero-order valence-electron chi connectivity index (χ0n) is 8.45. The first-order valence-corrected chi connectivity index (χ1v) is 4.85. The second-order valence-corrected chi connectivity index (χ2v) is 3.60. The van der Waals surface area contributed by atoms with Crippen molar-refractivity contribution in [3.05, 3.63) is 35.5 Å². The first-order valence-electron chi connectivity index (χ1n) is 4.51. The van der Waals surface area contributed by atoms with E-state index in [0.29, 0.717) is 5.69 Å². The molecule has 0 saturated carbocycles. The molecule has 0 spiro atoms. The maximum atomic E-state index is 11.5. The molecule has 0 amide bonds. The molecule has 0 aliphatic heterocycles. The fourth-order valence-corrected chi connectivity index (χ4v) is 2.03. The minimum absolute atomic E-state index is 0.389. The third-order valence-corrected chi connectivity index (χ3v) is 2.80. The van der Waals surface area contributed by atoms with Gasteiger partial charge in [0.25, 0.3) is 0 Å². The molecule has 0 radical (unpaired) electrons. The lowest BCUT2D eigenvalue weighted by Gasteiger charge is -1.99. The highest BCUT2D eigenvalue weighted by molar-refractivity contribution is 6.22. The van der Waals surface area contributed by atoms with Crippen LogP contribution in [0.3, 0.4) is 0 Å². The Kier molecular flexibility index (Phi) is 2.40. The fourth-order valence-electron chi connectivity index (χ4n) is 1.69. The number of rotatable bonds is 1. The van der Waals surface area contributed by atoms with Crippen LogP contribution in [-0.2, 0) is 4.74 Å². The molecule has 4 heteroatoms. The summed E-state index contributed by atoms with van der Waals surface area (Å²) in [6.07, 6.45) is 0. The zero-order valence-corrected chi connectivity index (χ0v) is 9.21. The van der Waals surface area contributed by atoms with Crippen molar-refractivity contribution in [3.8, 4) is 0 Å². The largest absolute Gasteiger partial charge is 0.464 e. The average Bonchev–Trinajstić information content (AvgIpc) is 2.52. The van der Waals surface area contributed by atoms with Crippen LogP contribution < -0.4 is 0 Å². The van der Waals surface area contributed by atoms with Crippen molar-refractivity contribution in [1.29, 1.82) is 0 Å². The molecular weight excluding hydrogens is 214 g/mol. The normalized spacial score (nSPS) is 10.6. The molecule has 3 nitrogen and oxygen atoms in total. The monoisotopic (exact) mass is 223 g/mol. The number of aryl methyl sites for hydroxylation is 1. The van der Waals surface area contributed by atoms with Crippen molar-refractivity contribution in [3.63, 3.8) is 0 Å². The smallest absolute Gasteiger partial charge is 0.356 e. The summed E-state index contributed by atoms with van der Waals surface area (Å²) >= 11 is 6.05. The molecule has 0 saturated heterocycles. The number of para-hydroxylation sites is 1. The molecule has 0 fully saturated rings. The fraction of sp³-hybridized carbons (Fsp3) is 0.182. The van der Waals surface area contributed by atoms with E-state index in [-0.39, 0.29) is 0 Å². The van der Waals surface area contributed by atoms with E-state index in [1.54, 1.807) is 0 Å². The number of methoxy groups -OCH3 is 1. The molecule has 15 heavy (non-hydrogen) atoms. The van der Waals surface area contributed by atoms with Crippen molar-refractivity contribution >= 4 is 28.6 Å². The summed E-state index contributed by atoms with van der Waals surface area (Å²) in [4.78, 5) is 11.5. The van der Waals surface area contributed by atoms with Gasteiger partial charge in [0, 0.05) is 17.2 Å². The van der Waals surface area contributed by atoms with Crippen LogP contribution in [0, 0.1) is 6.92 Å². The van der Waals surface area contributed by atoms with Gasteiger partial charge in [-0.3, -0.25) is 0 Å². The first-order chi connectivity index (χ1) is 7.16. The van der Waals surface area contributed by atoms with Gasteiger partial charge in [-0.25, -0.2) is 8.88 Å². The maximum absolute atomic E-state index is 11.5. The number of ether oxygens (including phenoxy) is 1. The number of hydrogen-bond acceptors (Lipinski definition) is 2. The number of esters is 1. The zero-order chi connectivity index (χ0) is 11.0. The molecular formula is C11H10ClNO2. The van der Waals surface area contributed by atoms with Gasteiger partial charge in [0.05, 0.1) is 12.6 Å². The van der Waals surface area contributed by atoms with Crippen LogP contribution in [0.1, 0.15) is 16.1 Å². The van der Waals surface area contributed by atoms with Gasteiger partial charge >= 0.3 is 5.97 Å². The summed E-state index contributed by atoms with van der Waals surface area (Å²) in [6.45, 7) is 1.85. The summed E-state index contributed by atoms with van der Waals surface area (Å²) < 4.78 is 6.03. The average molecular weight is 224 g/mol. The highest BCUT2D eigenvalue weighted by atomic mass is 35.5. The number of fused-ring (bicyclic) bond motifs is 1. The second-order valence-electron chi connectivity index (χ2n) is 3.26. The Bertz CT molecular complexity index is 492. The number of carbonyl (C=O) groups is 1. The maximum Gasteiger partial charge on any atom is 0.356 e. The molecule has 0 bridgehead atoms. The minimum Gasteiger partial charge on any atom is -0.464 e. The Morgan fingerprint density at radius 2 is 2.07 bits per heavy atom. The molecule has 0 N–H and O–H groups in total. The molecule has 1 aromatic carbocycles. The van der Waals surface area contributed by atoms with Crippen LogP contribution in [-0.4, -0.2) is 17.2 Å². The van der Waals surface area contributed by atoms with Gasteiger partial charge in [-0.15, -0.1) is 0 Å². The lowest BCUT2D eigenvalue weighted by atomic mass is 10.1. The van der Waals surface area contributed by atoms with E-state index in [1.807, 2.05) is 31.2 Å². The second kappa shape index (κ2) is 3.59. The van der Waals surface area contributed by atoms with E-state index < -0.39 is 5.97 Å². The van der Waals surface area contributed by atoms with Crippen molar-refractivity contribution < 1.29 is 9.53 Å². The van der Waals surface area contributed by atoms with Crippen molar-refractivity contribution in [1.82, 2.24) is 4.09 Å². The number of carbonyl (C=O) groups excluding carboxylic acids is 1. The molecule has 1 aromatic heterocycles. The summed E-state index contributed by atoms with van der Waals surface area (Å²) in [5.41, 5.74) is 2.05. The number of nitrogens with zero attached hydrogens (tertiary/aromatic N) is 1. The van der Waals surface area contributed by atoms with Crippen molar-refractivity contribution in [2.45, 2.75) is 6.92 Å². The highest BCUT2D eigenvalue weighted by Gasteiger charge is 2.19. The van der Waals surface area contributed by atoms with Gasteiger partial charge < -0.3 is 4.74 Å². The Labute approximate surface area is 92.3 Å². The lowest BCUT2D eigenvalue weighted by molar-refractivity contribution is 0.0592. The van der Waals surface area contributed by atoms with E-state index in [9.17, 15) is 4.79 Å². The Balaban J connectivity index is 2.81. The molecule has 2 aromatic rings. The standard InChI is InChI=1S/C11H10ClNO2/c1-7-8-5-3-4-6-9(8)13(12)10(7)11(14)15-2/h3-6H,1-2H3. The van der Waals surface area contributed by atoms with Gasteiger partial charge in [0.2, 0.25) is 0 Å². The van der Waals surface area contributed by atoms with E-state index in [1.165, 1.54) is 11.2 Å². The van der Waals surface area contributed by atoms with Gasteiger partial charge in [0.1, 0.15) is 5.69 Å². The van der Waals surface area contributed by atoms with Crippen molar-refractivity contribution in [2.75, 3.05) is 7.11 Å². The predicted octanol–water partition coefficient (Wildman–Crippen LogP) is 2.74. The molecule has 0 aliphatic carbocycles. The van der Waals surface area contributed by atoms with Crippen LogP contribution in [0.15, 0.2) is 24.3 Å². The molecule has 78 valence electrons. The first kappa shape index (κ1) is 10.1. The Hall–Kier alpha value is -1.48. The number of benzene rings is 1. The Morgan fingerprint density at radius 1 is 1.40 bits per heavy atom. The lowest BCUT2D eigenvalue weighted by Crippen LogP contribution is -2.06. The minimum atomic E-state index is -0.418. The van der Waals surface area contributed by atoms with Crippen LogP contribution in [0.25, 0.3) is 10.9 Å². The molecule has 0 atom stereocenters. The van der Waals surface area contributed by atoms with Crippen LogP contribution in [0.5, 0.6) is 0 Å². The topological polar surface area (TPSA) is 31.2 Å². The van der Waals surface area contributed by atoms with Gasteiger partial charge in [-0.05, 0) is 18.6 Å². The third-order valence-electron chi connectivity index (χ3n) is 2.45. The summed E-state index contributed by atoms with van der Waals surface area (Å²) in [5.74, 6) is -0.418. The van der Waals surface area contributed by atoms with E-state index >= 15 is 0 Å². The highest BCUT2D eigenvalue weighted by Crippen LogP contribution is 2.26. The van der Waals surface area contributed by atoms with Crippen molar-refractivity contribution in [2.24, 2.45) is 0 Å². The summed E-state index contributed by atoms with van der Waals surface area (Å²) in [5, 5.41) is 0.966. The summed E-state index contributed by atoms with van der Waals surface area (Å²) in [7, 11) is 1.34. The van der Waals surface area contributed by atoms with Crippen LogP contribution >= 0.6 is 11.8 Å². The van der Waals surface area contributed by atoms with Gasteiger partial charge in [-0.2, -0.15) is 0 Å². The predicted molar refractivity (Wildman–Crippen MR) is 59.3 cm³/mol. The summed E-state index contributed by atoms with van der Waals surface area (Å²) in [6, 6.07) is 7.58. The number of aromatic nitrogens is 1. The molecule has 2 rings (SSSR count). The number of halogens is 1. The number of hydrogen-bond donors (Lipinski definition) is 0. The third kappa shape index (κ3) is 1.39. The molecule has 1 heterocycles. The SMILES string of the molecule is COC(=O)c1c(C)c2ccccc2n1Cl.